The van der Waals surface area contributed by atoms with Gasteiger partial charge in [0.2, 0.25) is 0 Å². The molecule has 0 saturated carbocycles. The van der Waals surface area contributed by atoms with E-state index < -0.39 is 15.9 Å². The summed E-state index contributed by atoms with van der Waals surface area (Å²) in [7, 11) is -3.17. The van der Waals surface area contributed by atoms with E-state index in [0.29, 0.717) is 12.1 Å². The molecule has 0 aliphatic carbocycles. The third kappa shape index (κ3) is 2.78. The molecule has 8 heteroatoms. The topological polar surface area (TPSA) is 85.4 Å². The average molecular weight is 323 g/mol. The monoisotopic (exact) mass is 323 g/mol. The van der Waals surface area contributed by atoms with Crippen LogP contribution in [0.4, 0.5) is 0 Å². The van der Waals surface area contributed by atoms with Gasteiger partial charge in [-0.05, 0) is 13.0 Å². The van der Waals surface area contributed by atoms with Gasteiger partial charge in [0.15, 0.2) is 9.84 Å². The molecule has 0 bridgehead atoms. The van der Waals surface area contributed by atoms with E-state index in [4.69, 9.17) is 4.42 Å². The summed E-state index contributed by atoms with van der Waals surface area (Å²) in [6.45, 7) is 2.81. The molecule has 2 aromatic heterocycles. The zero-order valence-corrected chi connectivity index (χ0v) is 13.0. The summed E-state index contributed by atoms with van der Waals surface area (Å²) in [6, 6.07) is 1.07. The van der Waals surface area contributed by atoms with E-state index in [1.165, 1.54) is 12.5 Å². The predicted octanol–water partition coefficient (Wildman–Crippen LogP) is 1.11. The molecule has 118 valence electrons. The van der Waals surface area contributed by atoms with Crippen LogP contribution in [-0.4, -0.2) is 47.1 Å². The number of rotatable bonds is 3. The van der Waals surface area contributed by atoms with Crippen LogP contribution in [-0.2, 0) is 16.4 Å². The standard InChI is InChI=1S/C14H17N3O4S/c1-2-16-8-12(7-15-16)13-10-22(19,20)6-4-17(13)14(18)11-3-5-21-9-11/h3,5,7-9,13H,2,4,6,10H2,1H3/t13-/m1/s1. The first-order valence-electron chi connectivity index (χ1n) is 7.06. The lowest BCUT2D eigenvalue weighted by molar-refractivity contribution is 0.0697. The van der Waals surface area contributed by atoms with Crippen LogP contribution in [0.5, 0.6) is 0 Å². The Hall–Kier alpha value is -2.09. The van der Waals surface area contributed by atoms with Crippen molar-refractivity contribution in [3.63, 3.8) is 0 Å². The number of hydrogen-bond donors (Lipinski definition) is 0. The molecule has 3 rings (SSSR count). The van der Waals surface area contributed by atoms with E-state index in [0.717, 1.165) is 5.56 Å². The molecule has 1 atom stereocenters. The summed E-state index contributed by atoms with van der Waals surface area (Å²) >= 11 is 0. The zero-order valence-electron chi connectivity index (χ0n) is 12.2. The highest BCUT2D eigenvalue weighted by molar-refractivity contribution is 7.91. The number of nitrogens with zero attached hydrogens (tertiary/aromatic N) is 3. The lowest BCUT2D eigenvalue weighted by Crippen LogP contribution is -2.46. The van der Waals surface area contributed by atoms with E-state index in [2.05, 4.69) is 5.10 Å². The summed E-state index contributed by atoms with van der Waals surface area (Å²) in [6.07, 6.45) is 6.22. The van der Waals surface area contributed by atoms with Crippen molar-refractivity contribution in [1.29, 1.82) is 0 Å². The SMILES string of the molecule is CCn1cc([C@H]2CS(=O)(=O)CCN2C(=O)c2ccoc2)cn1. The Labute approximate surface area is 128 Å². The van der Waals surface area contributed by atoms with Crippen LogP contribution in [0.1, 0.15) is 28.9 Å². The Morgan fingerprint density at radius 1 is 1.50 bits per heavy atom. The molecular formula is C14H17N3O4S. The Bertz CT molecular complexity index is 764. The van der Waals surface area contributed by atoms with Gasteiger partial charge in [-0.1, -0.05) is 0 Å². The summed E-state index contributed by atoms with van der Waals surface area (Å²) < 4.78 is 30.6. The molecule has 22 heavy (non-hydrogen) atoms. The number of carbonyl (C=O) groups excluding carboxylic acids is 1. The second kappa shape index (κ2) is 5.60. The normalized spacial score (nSPS) is 21.0. The van der Waals surface area contributed by atoms with Crippen LogP contribution >= 0.6 is 0 Å². The van der Waals surface area contributed by atoms with E-state index in [9.17, 15) is 13.2 Å². The Morgan fingerprint density at radius 2 is 2.32 bits per heavy atom. The fourth-order valence-corrected chi connectivity index (χ4v) is 4.10. The van der Waals surface area contributed by atoms with Crippen molar-refractivity contribution in [2.75, 3.05) is 18.1 Å². The Morgan fingerprint density at radius 3 is 2.95 bits per heavy atom. The number of carbonyl (C=O) groups is 1. The molecule has 1 fully saturated rings. The second-order valence-corrected chi connectivity index (χ2v) is 7.50. The van der Waals surface area contributed by atoms with Gasteiger partial charge in [-0.25, -0.2) is 8.42 Å². The maximum atomic E-state index is 12.6. The van der Waals surface area contributed by atoms with E-state index in [1.807, 2.05) is 6.92 Å². The van der Waals surface area contributed by atoms with E-state index in [1.54, 1.807) is 28.0 Å². The van der Waals surface area contributed by atoms with Gasteiger partial charge in [-0.2, -0.15) is 5.10 Å². The van der Waals surface area contributed by atoms with E-state index in [-0.39, 0.29) is 24.0 Å². The van der Waals surface area contributed by atoms with Gasteiger partial charge in [0.1, 0.15) is 6.26 Å². The van der Waals surface area contributed by atoms with Gasteiger partial charge < -0.3 is 9.32 Å². The first-order valence-corrected chi connectivity index (χ1v) is 8.88. The van der Waals surface area contributed by atoms with Crippen molar-refractivity contribution >= 4 is 15.7 Å². The first-order chi connectivity index (χ1) is 10.5. The molecule has 0 N–H and O–H groups in total. The predicted molar refractivity (Wildman–Crippen MR) is 79.0 cm³/mol. The third-order valence-electron chi connectivity index (χ3n) is 3.82. The minimum atomic E-state index is -3.17. The third-order valence-corrected chi connectivity index (χ3v) is 5.45. The van der Waals surface area contributed by atoms with Crippen molar-refractivity contribution in [2.45, 2.75) is 19.5 Å². The van der Waals surface area contributed by atoms with Crippen molar-refractivity contribution in [3.05, 3.63) is 42.1 Å². The van der Waals surface area contributed by atoms with Gasteiger partial charge in [-0.3, -0.25) is 9.48 Å². The molecule has 1 saturated heterocycles. The minimum absolute atomic E-state index is 0.0188. The molecule has 1 amide bonds. The molecule has 7 nitrogen and oxygen atoms in total. The van der Waals surface area contributed by atoms with Crippen molar-refractivity contribution in [3.8, 4) is 0 Å². The number of sulfone groups is 1. The Kier molecular flexibility index (Phi) is 3.78. The summed E-state index contributed by atoms with van der Waals surface area (Å²) in [4.78, 5) is 14.2. The molecule has 3 heterocycles. The highest BCUT2D eigenvalue weighted by Gasteiger charge is 2.36. The maximum Gasteiger partial charge on any atom is 0.257 e. The molecule has 0 radical (unpaired) electrons. The fourth-order valence-electron chi connectivity index (χ4n) is 2.60. The molecular weight excluding hydrogens is 306 g/mol. The minimum Gasteiger partial charge on any atom is -0.472 e. The van der Waals surface area contributed by atoms with Crippen LogP contribution in [0, 0.1) is 0 Å². The zero-order chi connectivity index (χ0) is 15.7. The van der Waals surface area contributed by atoms with Gasteiger partial charge in [0.25, 0.3) is 5.91 Å². The van der Waals surface area contributed by atoms with Gasteiger partial charge >= 0.3 is 0 Å². The van der Waals surface area contributed by atoms with Crippen LogP contribution in [0.25, 0.3) is 0 Å². The first kappa shape index (κ1) is 14.8. The maximum absolute atomic E-state index is 12.6. The van der Waals surface area contributed by atoms with Gasteiger partial charge in [0, 0.05) is 24.8 Å². The molecule has 1 aliphatic heterocycles. The van der Waals surface area contributed by atoms with Gasteiger partial charge in [-0.15, -0.1) is 0 Å². The largest absolute Gasteiger partial charge is 0.472 e. The summed E-state index contributed by atoms with van der Waals surface area (Å²) in [5, 5.41) is 4.18. The molecule has 2 aromatic rings. The highest BCUT2D eigenvalue weighted by atomic mass is 32.2. The van der Waals surface area contributed by atoms with Crippen LogP contribution in [0.15, 0.2) is 35.4 Å². The molecule has 1 aliphatic rings. The van der Waals surface area contributed by atoms with Crippen molar-refractivity contribution < 1.29 is 17.6 Å². The molecule has 0 unspecified atom stereocenters. The molecule has 0 aromatic carbocycles. The lowest BCUT2D eigenvalue weighted by atomic mass is 10.1. The number of hydrogen-bond acceptors (Lipinski definition) is 5. The second-order valence-electron chi connectivity index (χ2n) is 5.27. The lowest BCUT2D eigenvalue weighted by Gasteiger charge is -2.34. The summed E-state index contributed by atoms with van der Waals surface area (Å²) in [5.41, 5.74) is 1.16. The fraction of sp³-hybridized carbons (Fsp3) is 0.429. The number of amides is 1. The van der Waals surface area contributed by atoms with Crippen LogP contribution in [0.3, 0.4) is 0 Å². The average Bonchev–Trinajstić information content (AvgIpc) is 3.17. The number of aryl methyl sites for hydroxylation is 1. The number of furan rings is 1. The van der Waals surface area contributed by atoms with Crippen LogP contribution in [0.2, 0.25) is 0 Å². The van der Waals surface area contributed by atoms with Gasteiger partial charge in [0.05, 0.1) is 35.6 Å². The molecule has 0 spiro atoms. The number of aromatic nitrogens is 2. The van der Waals surface area contributed by atoms with E-state index >= 15 is 0 Å². The van der Waals surface area contributed by atoms with Crippen molar-refractivity contribution in [1.82, 2.24) is 14.7 Å². The smallest absolute Gasteiger partial charge is 0.257 e. The highest BCUT2D eigenvalue weighted by Crippen LogP contribution is 2.28. The summed E-state index contributed by atoms with van der Waals surface area (Å²) in [5.74, 6) is -0.320. The van der Waals surface area contributed by atoms with Crippen LogP contribution < -0.4 is 0 Å². The quantitative estimate of drug-likeness (QED) is 0.844. The van der Waals surface area contributed by atoms with Crippen molar-refractivity contribution in [2.24, 2.45) is 0 Å². The Balaban J connectivity index is 1.94.